The molecule has 1 amide bonds. The Morgan fingerprint density at radius 2 is 2.03 bits per heavy atom. The van der Waals surface area contributed by atoms with E-state index in [0.29, 0.717) is 28.6 Å². The van der Waals surface area contributed by atoms with E-state index in [0.717, 1.165) is 27.5 Å². The van der Waals surface area contributed by atoms with Gasteiger partial charge in [-0.2, -0.15) is 0 Å². The summed E-state index contributed by atoms with van der Waals surface area (Å²) in [6.07, 6.45) is 1.63. The van der Waals surface area contributed by atoms with Crippen molar-refractivity contribution in [3.05, 3.63) is 44.2 Å². The number of nitrogens with one attached hydrogen (secondary N) is 1. The Kier molecular flexibility index (Phi) is 7.17. The van der Waals surface area contributed by atoms with Gasteiger partial charge in [-0.3, -0.25) is 9.10 Å². The molecule has 1 aliphatic heterocycles. The lowest BCUT2D eigenvalue weighted by molar-refractivity contribution is -0.114. The van der Waals surface area contributed by atoms with E-state index < -0.39 is 28.4 Å². The molecule has 2 aromatic rings. The molecule has 1 aliphatic rings. The molecule has 1 aromatic heterocycles. The summed E-state index contributed by atoms with van der Waals surface area (Å²) in [6.45, 7) is 0.900. The third-order valence-corrected chi connectivity index (χ3v) is 7.55. The number of likely N-dealkylation sites (N-methyl/N-ethyl adjacent to an activating group) is 1. The number of fused-ring (bicyclic) bond motifs is 1. The summed E-state index contributed by atoms with van der Waals surface area (Å²) < 4.78 is 30.5. The zero-order chi connectivity index (χ0) is 22.9. The minimum atomic E-state index is -3.83. The maximum absolute atomic E-state index is 12.8. The Labute approximate surface area is 194 Å². The van der Waals surface area contributed by atoms with Crippen molar-refractivity contribution in [3.8, 4) is 0 Å². The number of hydrogen-bond acceptors (Lipinski definition) is 7. The number of hydrogen-bond donors (Lipinski definition) is 1. The summed E-state index contributed by atoms with van der Waals surface area (Å²) in [4.78, 5) is 28.3. The van der Waals surface area contributed by atoms with E-state index in [-0.39, 0.29) is 10.7 Å². The molecule has 0 saturated carbocycles. The molecule has 0 saturated heterocycles. The van der Waals surface area contributed by atoms with Crippen LogP contribution in [-0.2, 0) is 32.5 Å². The Bertz CT molecular complexity index is 1130. The van der Waals surface area contributed by atoms with Crippen LogP contribution in [0.4, 0.5) is 10.7 Å². The highest BCUT2D eigenvalue weighted by Gasteiger charge is 2.29. The topological polar surface area (TPSA) is 96.0 Å². The van der Waals surface area contributed by atoms with E-state index in [1.165, 1.54) is 36.6 Å². The van der Waals surface area contributed by atoms with Crippen LogP contribution < -0.4 is 9.62 Å². The molecule has 0 atom stereocenters. The first kappa shape index (κ1) is 23.8. The number of sulfonamides is 1. The highest BCUT2D eigenvalue weighted by molar-refractivity contribution is 7.92. The monoisotopic (exact) mass is 505 g/mol. The Hall–Kier alpha value is -1.85. The van der Waals surface area contributed by atoms with Crippen molar-refractivity contribution in [1.29, 1.82) is 0 Å². The molecule has 0 bridgehead atoms. The Morgan fingerprint density at radius 1 is 1.32 bits per heavy atom. The fourth-order valence-corrected chi connectivity index (χ4v) is 6.06. The van der Waals surface area contributed by atoms with E-state index in [1.54, 1.807) is 0 Å². The van der Waals surface area contributed by atoms with Gasteiger partial charge in [-0.05, 0) is 37.2 Å². The normalized spacial score (nSPS) is 14.1. The van der Waals surface area contributed by atoms with E-state index in [1.807, 2.05) is 7.05 Å². The Morgan fingerprint density at radius 3 is 2.65 bits per heavy atom. The summed E-state index contributed by atoms with van der Waals surface area (Å²) in [5, 5.41) is 3.46. The zero-order valence-electron chi connectivity index (χ0n) is 17.1. The summed E-state index contributed by atoms with van der Waals surface area (Å²) in [6, 6.07) is 4.31. The summed E-state index contributed by atoms with van der Waals surface area (Å²) in [5.41, 5.74) is 1.30. The van der Waals surface area contributed by atoms with Crippen molar-refractivity contribution in [2.45, 2.75) is 13.0 Å². The average Bonchev–Trinajstić information content (AvgIpc) is 3.01. The van der Waals surface area contributed by atoms with Crippen molar-refractivity contribution >= 4 is 67.1 Å². The van der Waals surface area contributed by atoms with Gasteiger partial charge >= 0.3 is 5.97 Å². The number of benzene rings is 1. The van der Waals surface area contributed by atoms with E-state index in [2.05, 4.69) is 10.2 Å². The fourth-order valence-electron chi connectivity index (χ4n) is 3.30. The average molecular weight is 506 g/mol. The molecule has 8 nitrogen and oxygen atoms in total. The minimum Gasteiger partial charge on any atom is -0.465 e. The highest BCUT2D eigenvalue weighted by atomic mass is 35.5. The number of anilines is 2. The summed E-state index contributed by atoms with van der Waals surface area (Å²) in [7, 11) is -0.582. The van der Waals surface area contributed by atoms with Crippen molar-refractivity contribution in [2.75, 3.05) is 43.1 Å². The number of rotatable bonds is 6. The first-order chi connectivity index (χ1) is 14.5. The molecule has 0 radical (unpaired) electrons. The van der Waals surface area contributed by atoms with Crippen LogP contribution in [-0.4, -0.2) is 58.7 Å². The third kappa shape index (κ3) is 5.32. The van der Waals surface area contributed by atoms with E-state index >= 15 is 0 Å². The molecule has 31 heavy (non-hydrogen) atoms. The lowest BCUT2D eigenvalue weighted by Gasteiger charge is -2.23. The van der Waals surface area contributed by atoms with Gasteiger partial charge in [0.25, 0.3) is 0 Å². The number of esters is 1. The molecule has 3 rings (SSSR count). The molecular formula is C19H21Cl2N3O5S2. The molecule has 0 fully saturated rings. The predicted molar refractivity (Wildman–Crippen MR) is 123 cm³/mol. The number of thiophene rings is 1. The quantitative estimate of drug-likeness (QED) is 0.605. The summed E-state index contributed by atoms with van der Waals surface area (Å²) >= 11 is 13.3. The second-order valence-corrected chi connectivity index (χ2v) is 11.0. The predicted octanol–water partition coefficient (Wildman–Crippen LogP) is 3.23. The van der Waals surface area contributed by atoms with Crippen LogP contribution in [0, 0.1) is 0 Å². The lowest BCUT2D eigenvalue weighted by Crippen LogP contribution is -2.37. The van der Waals surface area contributed by atoms with Gasteiger partial charge in [0.2, 0.25) is 15.9 Å². The first-order valence-electron chi connectivity index (χ1n) is 9.15. The van der Waals surface area contributed by atoms with Crippen LogP contribution in [0.25, 0.3) is 0 Å². The molecule has 168 valence electrons. The van der Waals surface area contributed by atoms with Gasteiger partial charge < -0.3 is 15.0 Å². The molecule has 12 heteroatoms. The standard InChI is InChI=1S/C19H21Cl2N3O5S2/c1-23-7-6-12-15(9-23)30-18(17(12)19(26)29-2)22-16(25)10-24(31(3,27)28)14-5-4-11(20)8-13(14)21/h4-5,8H,6-7,9-10H2,1-3H3,(H,22,25). The van der Waals surface area contributed by atoms with Crippen LogP contribution in [0.1, 0.15) is 20.8 Å². The van der Waals surface area contributed by atoms with Crippen LogP contribution >= 0.6 is 34.5 Å². The van der Waals surface area contributed by atoms with E-state index in [9.17, 15) is 18.0 Å². The Balaban J connectivity index is 1.90. The molecule has 2 heterocycles. The van der Waals surface area contributed by atoms with Crippen molar-refractivity contribution in [3.63, 3.8) is 0 Å². The number of methoxy groups -OCH3 is 1. The van der Waals surface area contributed by atoms with Gasteiger partial charge in [0.05, 0.1) is 29.6 Å². The van der Waals surface area contributed by atoms with Gasteiger partial charge in [0.1, 0.15) is 11.5 Å². The SMILES string of the molecule is COC(=O)c1c(NC(=O)CN(c2ccc(Cl)cc2Cl)S(C)(=O)=O)sc2c1CCN(C)C2. The zero-order valence-corrected chi connectivity index (χ0v) is 20.2. The number of nitrogens with zero attached hydrogens (tertiary/aromatic N) is 2. The van der Waals surface area contributed by atoms with Crippen LogP contribution in [0.5, 0.6) is 0 Å². The lowest BCUT2D eigenvalue weighted by atomic mass is 10.0. The largest absolute Gasteiger partial charge is 0.465 e. The van der Waals surface area contributed by atoms with Crippen LogP contribution in [0.2, 0.25) is 10.0 Å². The molecule has 0 aliphatic carbocycles. The molecule has 0 spiro atoms. The smallest absolute Gasteiger partial charge is 0.341 e. The van der Waals surface area contributed by atoms with Gasteiger partial charge in [-0.25, -0.2) is 13.2 Å². The molecular weight excluding hydrogens is 485 g/mol. The second kappa shape index (κ2) is 9.33. The van der Waals surface area contributed by atoms with Crippen LogP contribution in [0.15, 0.2) is 18.2 Å². The van der Waals surface area contributed by atoms with Crippen molar-refractivity contribution < 1.29 is 22.7 Å². The van der Waals surface area contributed by atoms with Crippen molar-refractivity contribution in [2.24, 2.45) is 0 Å². The fraction of sp³-hybridized carbons (Fsp3) is 0.368. The molecule has 1 aromatic carbocycles. The van der Waals surface area contributed by atoms with Gasteiger partial charge in [0.15, 0.2) is 0 Å². The van der Waals surface area contributed by atoms with Gasteiger partial charge in [-0.15, -0.1) is 11.3 Å². The third-order valence-electron chi connectivity index (χ3n) is 4.76. The first-order valence-corrected chi connectivity index (χ1v) is 12.6. The number of amides is 1. The van der Waals surface area contributed by atoms with Crippen LogP contribution in [0.3, 0.4) is 0 Å². The highest BCUT2D eigenvalue weighted by Crippen LogP contribution is 2.37. The summed E-state index contributed by atoms with van der Waals surface area (Å²) in [5.74, 6) is -1.16. The number of carbonyl (C=O) groups excluding carboxylic acids is 2. The second-order valence-electron chi connectivity index (χ2n) is 7.10. The number of halogens is 2. The van der Waals surface area contributed by atoms with Crippen molar-refractivity contribution in [1.82, 2.24) is 4.90 Å². The van der Waals surface area contributed by atoms with Gasteiger partial charge in [0, 0.05) is 23.0 Å². The van der Waals surface area contributed by atoms with E-state index in [4.69, 9.17) is 27.9 Å². The van der Waals surface area contributed by atoms with Gasteiger partial charge in [-0.1, -0.05) is 23.2 Å². The maximum atomic E-state index is 12.8. The molecule has 1 N–H and O–H groups in total. The maximum Gasteiger partial charge on any atom is 0.341 e. The number of ether oxygens (including phenoxy) is 1. The molecule has 0 unspecified atom stereocenters. The number of carbonyl (C=O) groups is 2. The minimum absolute atomic E-state index is 0.0931.